The van der Waals surface area contributed by atoms with Crippen LogP contribution in [-0.4, -0.2) is 0 Å². The summed E-state index contributed by atoms with van der Waals surface area (Å²) in [7, 11) is 0. The van der Waals surface area contributed by atoms with E-state index in [0.717, 1.165) is 32.0 Å². The maximum Gasteiger partial charge on any atom is 1.00 e. The van der Waals surface area contributed by atoms with Gasteiger partial charge in [0, 0.05) is 16.8 Å². The molecule has 22 heavy (non-hydrogen) atoms. The van der Waals surface area contributed by atoms with Crippen LogP contribution in [0.15, 0.2) is 32.0 Å². The topological polar surface area (TPSA) is 315 Å². The minimum atomic E-state index is 0. The quantitative estimate of drug-likeness (QED) is 0.188. The first kappa shape index (κ1) is 65.0. The molecule has 0 saturated heterocycles. The van der Waals surface area contributed by atoms with Gasteiger partial charge in [0.1, 0.15) is 0 Å². The molecule has 0 aromatic carbocycles. The van der Waals surface area contributed by atoms with Gasteiger partial charge in [0.15, 0.2) is 0 Å². The average molecular weight is 452 g/mol. The predicted molar refractivity (Wildman–Crippen MR) is 55.0 cm³/mol. The second-order valence-electron chi connectivity index (χ2n) is 0.447. The van der Waals surface area contributed by atoms with E-state index < -0.39 is 0 Å². The van der Waals surface area contributed by atoms with Gasteiger partial charge >= 0.3 is 154 Å². The van der Waals surface area contributed by atoms with Crippen LogP contribution in [0.25, 0.3) is 0 Å². The van der Waals surface area contributed by atoms with Crippen LogP contribution in [0.1, 0.15) is 0 Å². The van der Waals surface area contributed by atoms with E-state index in [9.17, 15) is 0 Å². The Morgan fingerprint density at radius 1 is 0.364 bits per heavy atom. The van der Waals surface area contributed by atoms with Gasteiger partial charge in [0.2, 0.25) is 0 Å². The second-order valence-corrected chi connectivity index (χ2v) is 0.447. The maximum atomic E-state index is 8.00. The molecule has 0 spiro atoms. The van der Waals surface area contributed by atoms with E-state index in [1.165, 1.54) is 0 Å². The van der Waals surface area contributed by atoms with E-state index in [-0.39, 0.29) is 171 Å². The van der Waals surface area contributed by atoms with Crippen molar-refractivity contribution in [2.24, 2.45) is 32.0 Å². The zero-order valence-corrected chi connectivity index (χ0v) is 21.3. The number of hydrogen-bond acceptors (Lipinski definition) is 18. The van der Waals surface area contributed by atoms with Crippen LogP contribution >= 0.6 is 0 Å². The number of rotatable bonds is 0. The molecule has 0 amide bonds. The molecular weight excluding hydrogens is 452 g/mol. The third-order valence-corrected chi connectivity index (χ3v) is 0. The van der Waals surface area contributed by atoms with Gasteiger partial charge in [-0.15, -0.1) is 32.0 Å². The molecule has 0 saturated carbocycles. The molecule has 117 valence electrons. The first-order valence-electron chi connectivity index (χ1n) is 2.19. The summed E-state index contributed by atoms with van der Waals surface area (Å²) in [5.74, 6) is 0. The summed E-state index contributed by atoms with van der Waals surface area (Å²) < 4.78 is 0. The minimum Gasteiger partial charge on any atom is -0.444 e. The van der Waals surface area contributed by atoms with Crippen LogP contribution in [0.2, 0.25) is 0 Å². The predicted octanol–water partition coefficient (Wildman–Crippen LogP) is -7.49. The molecule has 0 aliphatic heterocycles. The summed E-state index contributed by atoms with van der Waals surface area (Å²) in [4.78, 5) is 48.0. The molecular formula is CoK3N6O12-3. The largest absolute Gasteiger partial charge is 1.00 e. The van der Waals surface area contributed by atoms with Crippen LogP contribution in [0.4, 0.5) is 0 Å². The minimum absolute atomic E-state index is 0. The molecule has 0 N–H and O–H groups in total. The summed E-state index contributed by atoms with van der Waals surface area (Å²) in [6.07, 6.45) is 0. The third kappa shape index (κ3) is 2870. The number of nitrogens with zero attached hydrogens (tertiary/aromatic N) is 6. The van der Waals surface area contributed by atoms with Gasteiger partial charge < -0.3 is 60.7 Å². The molecule has 0 aliphatic carbocycles. The van der Waals surface area contributed by atoms with E-state index >= 15 is 0 Å². The molecule has 0 aromatic heterocycles. The normalized spacial score (nSPS) is 3.27. The fraction of sp³-hybridized carbons (Fsp3) is 0. The first-order chi connectivity index (χ1) is 8.49. The van der Waals surface area contributed by atoms with Crippen LogP contribution < -0.4 is 154 Å². The molecule has 1 radical (unpaired) electrons. The van der Waals surface area contributed by atoms with Crippen molar-refractivity contribution < 1.29 is 171 Å². The monoisotopic (exact) mass is 452 g/mol. The molecule has 22 heteroatoms. The SMILES string of the molecule is O=N[O-].O=N[O-].O=N[O-].O=N[O-].O=N[O-].O=N[O-].[Co].[K+].[K+].[K+]. The Hall–Kier alpha value is 1.82. The van der Waals surface area contributed by atoms with E-state index in [2.05, 4.69) is 0 Å². The Morgan fingerprint density at radius 2 is 0.364 bits per heavy atom. The van der Waals surface area contributed by atoms with Crippen molar-refractivity contribution in [2.45, 2.75) is 0 Å². The summed E-state index contributed by atoms with van der Waals surface area (Å²) >= 11 is 0. The van der Waals surface area contributed by atoms with Crippen molar-refractivity contribution in [3.63, 3.8) is 0 Å². The van der Waals surface area contributed by atoms with E-state index in [1.54, 1.807) is 0 Å². The standard InChI is InChI=1S/Co.3K.6HNO2/c;;;;6*2-1-3/h;;;;6*(H,2,3)/q;3*+1;;;;;;/p-6. The van der Waals surface area contributed by atoms with Gasteiger partial charge in [0.05, 0.1) is 0 Å². The summed E-state index contributed by atoms with van der Waals surface area (Å²) in [6.45, 7) is 0. The molecule has 0 bridgehead atoms. The molecule has 0 aliphatic rings. The molecule has 0 aromatic rings. The summed E-state index contributed by atoms with van der Waals surface area (Å²) in [5, 5.41) is 54.0. The maximum absolute atomic E-state index is 8.00. The van der Waals surface area contributed by atoms with E-state index in [4.69, 9.17) is 60.7 Å². The van der Waals surface area contributed by atoms with Crippen molar-refractivity contribution in [2.75, 3.05) is 0 Å². The van der Waals surface area contributed by atoms with Crippen LogP contribution in [0.5, 0.6) is 0 Å². The van der Waals surface area contributed by atoms with Gasteiger partial charge in [-0.3, -0.25) is 0 Å². The van der Waals surface area contributed by atoms with Crippen LogP contribution in [0, 0.1) is 60.7 Å². The van der Waals surface area contributed by atoms with Crippen LogP contribution in [0.3, 0.4) is 0 Å². The van der Waals surface area contributed by atoms with Crippen LogP contribution in [-0.2, 0) is 16.8 Å². The Morgan fingerprint density at radius 3 is 0.364 bits per heavy atom. The molecule has 0 fully saturated rings. The third-order valence-electron chi connectivity index (χ3n) is 0. The van der Waals surface area contributed by atoms with E-state index in [0.29, 0.717) is 0 Å². The Kier molecular flexibility index (Phi) is 525. The molecule has 18 nitrogen and oxygen atoms in total. The Labute approximate surface area is 257 Å². The van der Waals surface area contributed by atoms with Gasteiger partial charge in [-0.25, -0.2) is 0 Å². The zero-order valence-electron chi connectivity index (χ0n) is 10.9. The molecule has 0 rings (SSSR count). The first-order valence-corrected chi connectivity index (χ1v) is 2.19. The second kappa shape index (κ2) is 178. The zero-order chi connectivity index (χ0) is 16.2. The smallest absolute Gasteiger partial charge is 0.444 e. The van der Waals surface area contributed by atoms with Crippen molar-refractivity contribution in [1.29, 1.82) is 0 Å². The Balaban J connectivity index is -0.00000000947. The fourth-order valence-electron chi connectivity index (χ4n) is 0. The summed E-state index contributed by atoms with van der Waals surface area (Å²) in [6, 6.07) is 0. The fourth-order valence-corrected chi connectivity index (χ4v) is 0. The number of hydrogen-bond donors (Lipinski definition) is 0. The van der Waals surface area contributed by atoms with E-state index in [1.807, 2.05) is 0 Å². The molecule has 0 unspecified atom stereocenters. The van der Waals surface area contributed by atoms with Crippen molar-refractivity contribution in [1.82, 2.24) is 0 Å². The van der Waals surface area contributed by atoms with Crippen molar-refractivity contribution >= 4 is 0 Å². The molecule has 0 heterocycles. The van der Waals surface area contributed by atoms with Crippen molar-refractivity contribution in [3.8, 4) is 0 Å². The summed E-state index contributed by atoms with van der Waals surface area (Å²) in [5.41, 5.74) is 0. The van der Waals surface area contributed by atoms with Gasteiger partial charge in [-0.05, 0) is 0 Å². The van der Waals surface area contributed by atoms with Crippen molar-refractivity contribution in [3.05, 3.63) is 60.7 Å². The Bertz CT molecular complexity index is 126. The van der Waals surface area contributed by atoms with Gasteiger partial charge in [0.25, 0.3) is 0 Å². The molecule has 0 atom stereocenters. The average Bonchev–Trinajstić information content (AvgIpc) is 2.23. The van der Waals surface area contributed by atoms with Gasteiger partial charge in [-0.2, -0.15) is 0 Å². The van der Waals surface area contributed by atoms with Gasteiger partial charge in [-0.1, -0.05) is 0 Å².